The number of sulfonamides is 1. The molecule has 0 unspecified atom stereocenters. The summed E-state index contributed by atoms with van der Waals surface area (Å²) in [6.07, 6.45) is 0. The van der Waals surface area contributed by atoms with Gasteiger partial charge in [0.05, 0.1) is 11.3 Å². The molecule has 7 nitrogen and oxygen atoms in total. The van der Waals surface area contributed by atoms with Crippen LogP contribution in [0.5, 0.6) is 0 Å². The number of esters is 2. The predicted octanol–water partition coefficient (Wildman–Crippen LogP) is 1.64. The third-order valence-electron chi connectivity index (χ3n) is 3.42. The van der Waals surface area contributed by atoms with Gasteiger partial charge in [-0.3, -0.25) is 0 Å². The van der Waals surface area contributed by atoms with Gasteiger partial charge in [0.25, 0.3) is 0 Å². The first kappa shape index (κ1) is 19.6. The van der Waals surface area contributed by atoms with Crippen LogP contribution in [0.3, 0.4) is 0 Å². The first-order valence-electron chi connectivity index (χ1n) is 7.76. The molecule has 0 amide bonds. The van der Waals surface area contributed by atoms with Crippen LogP contribution in [-0.4, -0.2) is 34.0 Å². The van der Waals surface area contributed by atoms with Gasteiger partial charge < -0.3 is 9.47 Å². The number of carbonyl (C=O) groups is 2. The number of hydrogen-bond acceptors (Lipinski definition) is 6. The second-order valence-electron chi connectivity index (χ2n) is 5.38. The zero-order chi connectivity index (χ0) is 19.0. The zero-order valence-corrected chi connectivity index (χ0v) is 15.0. The smallest absolute Gasteiger partial charge is 0.344 e. The molecule has 0 radical (unpaired) electrons. The van der Waals surface area contributed by atoms with Gasteiger partial charge in [-0.1, -0.05) is 42.5 Å². The van der Waals surface area contributed by atoms with Crippen molar-refractivity contribution in [3.05, 3.63) is 71.3 Å². The highest BCUT2D eigenvalue weighted by Crippen LogP contribution is 2.09. The van der Waals surface area contributed by atoms with Crippen LogP contribution in [0.15, 0.2) is 54.6 Å². The minimum atomic E-state index is -3.38. The van der Waals surface area contributed by atoms with Crippen LogP contribution in [0.2, 0.25) is 0 Å². The van der Waals surface area contributed by atoms with E-state index in [0.717, 1.165) is 5.56 Å². The lowest BCUT2D eigenvalue weighted by atomic mass is 10.1. The SMILES string of the molecule is CNS(=O)(=O)Cc1ccc(C(=O)OCC(=O)OCc2ccccc2)cc1. The van der Waals surface area contributed by atoms with Gasteiger partial charge in [-0.15, -0.1) is 0 Å². The topological polar surface area (TPSA) is 98.8 Å². The molecule has 26 heavy (non-hydrogen) atoms. The Morgan fingerprint density at radius 2 is 1.58 bits per heavy atom. The third-order valence-corrected chi connectivity index (χ3v) is 4.76. The van der Waals surface area contributed by atoms with Crippen molar-refractivity contribution in [1.82, 2.24) is 4.72 Å². The maximum absolute atomic E-state index is 11.9. The minimum Gasteiger partial charge on any atom is -0.458 e. The third kappa shape index (κ3) is 6.30. The number of nitrogens with one attached hydrogen (secondary N) is 1. The van der Waals surface area contributed by atoms with Crippen LogP contribution in [0.4, 0.5) is 0 Å². The van der Waals surface area contributed by atoms with Gasteiger partial charge in [0.15, 0.2) is 6.61 Å². The summed E-state index contributed by atoms with van der Waals surface area (Å²) < 4.78 is 35.1. The van der Waals surface area contributed by atoms with Crippen molar-refractivity contribution in [2.24, 2.45) is 0 Å². The maximum Gasteiger partial charge on any atom is 0.344 e. The summed E-state index contributed by atoms with van der Waals surface area (Å²) in [4.78, 5) is 23.5. The van der Waals surface area contributed by atoms with Gasteiger partial charge in [0, 0.05) is 0 Å². The van der Waals surface area contributed by atoms with E-state index in [-0.39, 0.29) is 17.9 Å². The van der Waals surface area contributed by atoms with E-state index >= 15 is 0 Å². The molecule has 2 rings (SSSR count). The van der Waals surface area contributed by atoms with Crippen molar-refractivity contribution in [2.75, 3.05) is 13.7 Å². The average molecular weight is 377 g/mol. The van der Waals surface area contributed by atoms with E-state index in [2.05, 4.69) is 4.72 Å². The number of rotatable bonds is 8. The van der Waals surface area contributed by atoms with E-state index in [4.69, 9.17) is 9.47 Å². The predicted molar refractivity (Wildman–Crippen MR) is 94.6 cm³/mol. The molecule has 0 saturated carbocycles. The van der Waals surface area contributed by atoms with E-state index in [9.17, 15) is 18.0 Å². The van der Waals surface area contributed by atoms with E-state index < -0.39 is 28.6 Å². The van der Waals surface area contributed by atoms with Crippen LogP contribution in [0, 0.1) is 0 Å². The second-order valence-corrected chi connectivity index (χ2v) is 7.31. The monoisotopic (exact) mass is 377 g/mol. The molecule has 0 aromatic heterocycles. The van der Waals surface area contributed by atoms with E-state index in [1.807, 2.05) is 30.3 Å². The first-order valence-corrected chi connectivity index (χ1v) is 9.41. The Balaban J connectivity index is 1.81. The fourth-order valence-electron chi connectivity index (χ4n) is 2.02. The van der Waals surface area contributed by atoms with Crippen LogP contribution < -0.4 is 4.72 Å². The fraction of sp³-hybridized carbons (Fsp3) is 0.222. The summed E-state index contributed by atoms with van der Waals surface area (Å²) in [7, 11) is -2.05. The second kappa shape index (κ2) is 9.12. The maximum atomic E-state index is 11.9. The normalized spacial score (nSPS) is 11.0. The zero-order valence-electron chi connectivity index (χ0n) is 14.2. The largest absolute Gasteiger partial charge is 0.458 e. The van der Waals surface area contributed by atoms with E-state index in [1.54, 1.807) is 0 Å². The standard InChI is InChI=1S/C18H19NO6S/c1-19-26(22,23)13-15-7-9-16(10-8-15)18(21)25-12-17(20)24-11-14-5-3-2-4-6-14/h2-10,19H,11-13H2,1H3. The first-order chi connectivity index (χ1) is 12.4. The van der Waals surface area contributed by atoms with Gasteiger partial charge in [-0.25, -0.2) is 22.7 Å². The molecule has 138 valence electrons. The lowest BCUT2D eigenvalue weighted by Gasteiger charge is -2.07. The van der Waals surface area contributed by atoms with Crippen LogP contribution in [0.1, 0.15) is 21.5 Å². The molecule has 0 spiro atoms. The highest BCUT2D eigenvalue weighted by atomic mass is 32.2. The van der Waals surface area contributed by atoms with Crippen LogP contribution >= 0.6 is 0 Å². The molecule has 0 aliphatic carbocycles. The van der Waals surface area contributed by atoms with Crippen LogP contribution in [0.25, 0.3) is 0 Å². The molecule has 0 atom stereocenters. The number of benzene rings is 2. The Morgan fingerprint density at radius 1 is 0.923 bits per heavy atom. The average Bonchev–Trinajstić information content (AvgIpc) is 2.65. The molecular formula is C18H19NO6S. The molecule has 0 bridgehead atoms. The number of ether oxygens (including phenoxy) is 2. The Hall–Kier alpha value is -2.71. The van der Waals surface area contributed by atoms with Gasteiger partial charge in [-0.05, 0) is 30.3 Å². The molecule has 2 aromatic rings. The van der Waals surface area contributed by atoms with Crippen molar-refractivity contribution in [1.29, 1.82) is 0 Å². The summed E-state index contributed by atoms with van der Waals surface area (Å²) in [5.74, 6) is -1.53. The molecule has 8 heteroatoms. The van der Waals surface area contributed by atoms with Crippen molar-refractivity contribution in [3.8, 4) is 0 Å². The van der Waals surface area contributed by atoms with E-state index in [1.165, 1.54) is 31.3 Å². The Morgan fingerprint density at radius 3 is 2.19 bits per heavy atom. The number of carbonyl (C=O) groups excluding carboxylic acids is 2. The summed E-state index contributed by atoms with van der Waals surface area (Å²) >= 11 is 0. The quantitative estimate of drug-likeness (QED) is 0.702. The van der Waals surface area contributed by atoms with Gasteiger partial charge in [0.1, 0.15) is 6.61 Å². The van der Waals surface area contributed by atoms with Gasteiger partial charge in [-0.2, -0.15) is 0 Å². The van der Waals surface area contributed by atoms with Crippen molar-refractivity contribution >= 4 is 22.0 Å². The molecular weight excluding hydrogens is 358 g/mol. The molecule has 1 N–H and O–H groups in total. The fourth-order valence-corrected chi connectivity index (χ4v) is 2.79. The molecule has 0 fully saturated rings. The van der Waals surface area contributed by atoms with Crippen molar-refractivity contribution in [3.63, 3.8) is 0 Å². The lowest BCUT2D eigenvalue weighted by Crippen LogP contribution is -2.20. The molecule has 0 heterocycles. The Bertz CT molecular complexity index is 847. The Labute approximate surface area is 152 Å². The summed E-state index contributed by atoms with van der Waals surface area (Å²) in [5, 5.41) is 0. The Kier molecular flexibility index (Phi) is 6.88. The molecule has 2 aromatic carbocycles. The highest BCUT2D eigenvalue weighted by Gasteiger charge is 2.13. The summed E-state index contributed by atoms with van der Waals surface area (Å²) in [5.41, 5.74) is 1.57. The van der Waals surface area contributed by atoms with Crippen molar-refractivity contribution < 1.29 is 27.5 Å². The number of hydrogen-bond donors (Lipinski definition) is 1. The van der Waals surface area contributed by atoms with E-state index in [0.29, 0.717) is 5.56 Å². The molecule has 0 saturated heterocycles. The molecule has 0 aliphatic rings. The summed E-state index contributed by atoms with van der Waals surface area (Å²) in [6.45, 7) is -0.395. The molecule has 0 aliphatic heterocycles. The van der Waals surface area contributed by atoms with Crippen LogP contribution in [-0.2, 0) is 36.7 Å². The minimum absolute atomic E-state index is 0.103. The van der Waals surface area contributed by atoms with Crippen molar-refractivity contribution in [2.45, 2.75) is 12.4 Å². The van der Waals surface area contributed by atoms with Gasteiger partial charge >= 0.3 is 11.9 Å². The van der Waals surface area contributed by atoms with Gasteiger partial charge in [0.2, 0.25) is 10.0 Å². The lowest BCUT2D eigenvalue weighted by molar-refractivity contribution is -0.148. The summed E-state index contributed by atoms with van der Waals surface area (Å²) in [6, 6.07) is 15.1. The highest BCUT2D eigenvalue weighted by molar-refractivity contribution is 7.88.